The Bertz CT molecular complexity index is 911. The quantitative estimate of drug-likeness (QED) is 0.584. The van der Waals surface area contributed by atoms with Crippen LogP contribution in [0, 0.1) is 0 Å². The maximum atomic E-state index is 12.2. The van der Waals surface area contributed by atoms with Gasteiger partial charge in [-0.05, 0) is 35.9 Å². The van der Waals surface area contributed by atoms with Crippen LogP contribution in [0.25, 0.3) is 10.8 Å². The summed E-state index contributed by atoms with van der Waals surface area (Å²) in [6.07, 6.45) is 0. The summed E-state index contributed by atoms with van der Waals surface area (Å²) in [6, 6.07) is 21.1. The van der Waals surface area contributed by atoms with Gasteiger partial charge in [-0.3, -0.25) is 4.79 Å². The first-order valence-electron chi connectivity index (χ1n) is 7.66. The number of nitrogens with zero attached hydrogens (tertiary/aromatic N) is 1. The molecule has 0 bridgehead atoms. The van der Waals surface area contributed by atoms with Crippen molar-refractivity contribution >= 4 is 22.4 Å². The highest BCUT2D eigenvalue weighted by Crippen LogP contribution is 2.19. The largest absolute Gasteiger partial charge is 0.497 e. The first-order valence-corrected chi connectivity index (χ1v) is 7.66. The molecule has 0 saturated carbocycles. The normalized spacial score (nSPS) is 11.3. The average Bonchev–Trinajstić information content (AvgIpc) is 2.65. The molecule has 3 rings (SSSR count). The van der Waals surface area contributed by atoms with E-state index >= 15 is 0 Å². The van der Waals surface area contributed by atoms with E-state index in [4.69, 9.17) is 4.74 Å². The van der Waals surface area contributed by atoms with Crippen molar-refractivity contribution in [3.8, 4) is 5.75 Å². The molecule has 0 aromatic heterocycles. The van der Waals surface area contributed by atoms with Gasteiger partial charge in [0, 0.05) is 11.1 Å². The van der Waals surface area contributed by atoms with Crippen molar-refractivity contribution in [3.05, 3.63) is 77.9 Å². The van der Waals surface area contributed by atoms with E-state index in [0.29, 0.717) is 11.3 Å². The minimum atomic E-state index is -0.270. The lowest BCUT2D eigenvalue weighted by molar-refractivity contribution is 0.0954. The van der Waals surface area contributed by atoms with Crippen LogP contribution < -0.4 is 10.2 Å². The van der Waals surface area contributed by atoms with Crippen molar-refractivity contribution in [1.82, 2.24) is 5.43 Å². The number of hydrogen-bond acceptors (Lipinski definition) is 3. The maximum absolute atomic E-state index is 12.2. The van der Waals surface area contributed by atoms with Gasteiger partial charge in [0.1, 0.15) is 5.75 Å². The molecule has 0 atom stereocenters. The number of hydrazone groups is 1. The molecule has 0 saturated heterocycles. The van der Waals surface area contributed by atoms with Crippen LogP contribution in [-0.2, 0) is 0 Å². The lowest BCUT2D eigenvalue weighted by atomic mass is 10.0. The highest BCUT2D eigenvalue weighted by Gasteiger charge is 2.07. The van der Waals surface area contributed by atoms with Gasteiger partial charge in [-0.1, -0.05) is 48.5 Å². The molecule has 1 amide bonds. The highest BCUT2D eigenvalue weighted by atomic mass is 16.5. The van der Waals surface area contributed by atoms with E-state index in [1.165, 1.54) is 0 Å². The van der Waals surface area contributed by atoms with Gasteiger partial charge in [0.15, 0.2) is 0 Å². The van der Waals surface area contributed by atoms with E-state index < -0.39 is 0 Å². The number of benzene rings is 3. The number of nitrogens with one attached hydrogen (secondary N) is 1. The standard InChI is InChI=1S/C20H18N2O2/c1-14(18-12-6-8-15-7-3-4-11-19(15)18)21-22-20(23)16-9-5-10-17(13-16)24-2/h3-13H,1-2H3,(H,22,23)/b21-14+. The molecule has 0 aliphatic rings. The van der Waals surface area contributed by atoms with E-state index in [-0.39, 0.29) is 5.91 Å². The number of methoxy groups -OCH3 is 1. The number of carbonyl (C=O) groups excluding carboxylic acids is 1. The SMILES string of the molecule is COc1cccc(C(=O)N/N=C(\C)c2cccc3ccccc23)c1. The van der Waals surface area contributed by atoms with Gasteiger partial charge >= 0.3 is 0 Å². The van der Waals surface area contributed by atoms with Crippen LogP contribution in [0.4, 0.5) is 0 Å². The third-order valence-corrected chi connectivity index (χ3v) is 3.84. The van der Waals surface area contributed by atoms with Crippen LogP contribution in [0.2, 0.25) is 0 Å². The average molecular weight is 318 g/mol. The zero-order chi connectivity index (χ0) is 16.9. The molecule has 0 unspecified atom stereocenters. The van der Waals surface area contributed by atoms with E-state index in [0.717, 1.165) is 22.0 Å². The first kappa shape index (κ1) is 15.7. The molecule has 3 aromatic rings. The van der Waals surface area contributed by atoms with Crippen LogP contribution in [0.5, 0.6) is 5.75 Å². The van der Waals surface area contributed by atoms with Crippen molar-refractivity contribution in [3.63, 3.8) is 0 Å². The van der Waals surface area contributed by atoms with Crippen LogP contribution in [0.3, 0.4) is 0 Å². The van der Waals surface area contributed by atoms with Gasteiger partial charge < -0.3 is 4.74 Å². The maximum Gasteiger partial charge on any atom is 0.271 e. The van der Waals surface area contributed by atoms with Crippen molar-refractivity contribution < 1.29 is 9.53 Å². The molecule has 4 heteroatoms. The Morgan fingerprint density at radius 2 is 1.75 bits per heavy atom. The van der Waals surface area contributed by atoms with Gasteiger partial charge in [0.05, 0.1) is 12.8 Å². The predicted molar refractivity (Wildman–Crippen MR) is 96.6 cm³/mol. The topological polar surface area (TPSA) is 50.7 Å². The van der Waals surface area contributed by atoms with Gasteiger partial charge in [0.25, 0.3) is 5.91 Å². The molecular weight excluding hydrogens is 300 g/mol. The molecule has 120 valence electrons. The minimum Gasteiger partial charge on any atom is -0.497 e. The lowest BCUT2D eigenvalue weighted by Crippen LogP contribution is -2.19. The van der Waals surface area contributed by atoms with Crippen molar-refractivity contribution in [1.29, 1.82) is 0 Å². The van der Waals surface area contributed by atoms with Gasteiger partial charge in [0.2, 0.25) is 0 Å². The second-order valence-electron chi connectivity index (χ2n) is 5.40. The molecule has 0 fully saturated rings. The Kier molecular flexibility index (Phi) is 4.57. The fourth-order valence-electron chi connectivity index (χ4n) is 2.56. The molecule has 0 spiro atoms. The number of amides is 1. The molecule has 0 aliphatic carbocycles. The lowest BCUT2D eigenvalue weighted by Gasteiger charge is -2.07. The van der Waals surface area contributed by atoms with Crippen LogP contribution in [0.1, 0.15) is 22.8 Å². The summed E-state index contributed by atoms with van der Waals surface area (Å²) in [5.41, 5.74) is 4.86. The Morgan fingerprint density at radius 3 is 2.58 bits per heavy atom. The summed E-state index contributed by atoms with van der Waals surface area (Å²) in [7, 11) is 1.57. The summed E-state index contributed by atoms with van der Waals surface area (Å²) in [5.74, 6) is 0.367. The Hall–Kier alpha value is -3.14. The molecule has 0 radical (unpaired) electrons. The van der Waals surface area contributed by atoms with Crippen LogP contribution in [0.15, 0.2) is 71.8 Å². The first-order chi connectivity index (χ1) is 11.7. The Labute approximate surface area is 140 Å². The van der Waals surface area contributed by atoms with Crippen molar-refractivity contribution in [2.75, 3.05) is 7.11 Å². The van der Waals surface area contributed by atoms with Crippen LogP contribution in [-0.4, -0.2) is 18.7 Å². The zero-order valence-electron chi connectivity index (χ0n) is 13.6. The Morgan fingerprint density at radius 1 is 1.00 bits per heavy atom. The third-order valence-electron chi connectivity index (χ3n) is 3.84. The summed E-state index contributed by atoms with van der Waals surface area (Å²) in [5, 5.41) is 6.50. The number of fused-ring (bicyclic) bond motifs is 1. The second kappa shape index (κ2) is 6.96. The Balaban J connectivity index is 1.84. The number of ether oxygens (including phenoxy) is 1. The van der Waals surface area contributed by atoms with E-state index in [1.54, 1.807) is 31.4 Å². The van der Waals surface area contributed by atoms with E-state index in [1.807, 2.05) is 37.3 Å². The number of carbonyl (C=O) groups is 1. The molecule has 4 nitrogen and oxygen atoms in total. The zero-order valence-corrected chi connectivity index (χ0v) is 13.6. The molecule has 24 heavy (non-hydrogen) atoms. The van der Waals surface area contributed by atoms with Crippen molar-refractivity contribution in [2.24, 2.45) is 5.10 Å². The molecule has 0 heterocycles. The van der Waals surface area contributed by atoms with Gasteiger partial charge in [-0.15, -0.1) is 0 Å². The third kappa shape index (κ3) is 3.27. The summed E-state index contributed by atoms with van der Waals surface area (Å²) >= 11 is 0. The monoisotopic (exact) mass is 318 g/mol. The molecule has 1 N–H and O–H groups in total. The van der Waals surface area contributed by atoms with E-state index in [2.05, 4.69) is 22.7 Å². The van der Waals surface area contributed by atoms with Crippen molar-refractivity contribution in [2.45, 2.75) is 6.92 Å². The van der Waals surface area contributed by atoms with E-state index in [9.17, 15) is 4.79 Å². The molecule has 0 aliphatic heterocycles. The number of rotatable bonds is 4. The summed E-state index contributed by atoms with van der Waals surface area (Å²) in [6.45, 7) is 1.88. The van der Waals surface area contributed by atoms with Crippen LogP contribution >= 0.6 is 0 Å². The predicted octanol–water partition coefficient (Wildman–Crippen LogP) is 4.00. The summed E-state index contributed by atoms with van der Waals surface area (Å²) < 4.78 is 5.13. The number of hydrogen-bond donors (Lipinski definition) is 1. The molecular formula is C20H18N2O2. The summed E-state index contributed by atoms with van der Waals surface area (Å²) in [4.78, 5) is 12.2. The van der Waals surface area contributed by atoms with Gasteiger partial charge in [-0.25, -0.2) is 5.43 Å². The minimum absolute atomic E-state index is 0.270. The fraction of sp³-hybridized carbons (Fsp3) is 0.100. The second-order valence-corrected chi connectivity index (χ2v) is 5.40. The highest BCUT2D eigenvalue weighted by molar-refractivity contribution is 6.10. The smallest absolute Gasteiger partial charge is 0.271 e. The molecule has 3 aromatic carbocycles. The van der Waals surface area contributed by atoms with Gasteiger partial charge in [-0.2, -0.15) is 5.10 Å². The fourth-order valence-corrected chi connectivity index (χ4v) is 2.56.